The van der Waals surface area contributed by atoms with Crippen molar-refractivity contribution >= 4 is 47.7 Å². The predicted molar refractivity (Wildman–Crippen MR) is 167 cm³/mol. The largest absolute Gasteiger partial charge is 4.00 e. The summed E-state index contributed by atoms with van der Waals surface area (Å²) in [6.45, 7) is 4.26. The molecule has 0 aliphatic heterocycles. The summed E-state index contributed by atoms with van der Waals surface area (Å²) in [5.74, 6) is 0. The summed E-state index contributed by atoms with van der Waals surface area (Å²) in [5.41, 5.74) is -19.1. The van der Waals surface area contributed by atoms with Crippen molar-refractivity contribution < 1.29 is 126 Å². The van der Waals surface area contributed by atoms with E-state index < -0.39 is 69.8 Å². The van der Waals surface area contributed by atoms with Crippen molar-refractivity contribution in [2.24, 2.45) is 0 Å². The Morgan fingerprint density at radius 2 is 0.582 bits per heavy atom. The Kier molecular flexibility index (Phi) is 25.1. The standard InChI is InChI=1S/C21H39P.4CHF3O3S.Pt/c1-2-18-22(19-12-6-3-7-13-19,20-14-8-4-9-15-20)21-16-10-5-11-17-21;4*2-1(3,4)8(5,6)7;/h2,19-22H,1,3-18H2;4*(H,5,6,7);/q;;;;;+4/p-4. The molecule has 0 aromatic carbocycles. The SMILES string of the molecule is C=CC[PH](C1CCCCC1)(C1CCCCC1)C1CCCCC1.O=S(=O)([O-])C(F)(F)F.O=S(=O)([O-])C(F)(F)F.O=S(=O)([O-])C(F)(F)F.O=S(=O)([O-])C(F)(F)F.[Pt+4]. The number of allylic oxidation sites excluding steroid dienone is 1. The average Bonchev–Trinajstić information content (AvgIpc) is 2.98. The van der Waals surface area contributed by atoms with Gasteiger partial charge in [0.25, 0.3) is 0 Å². The van der Waals surface area contributed by atoms with Gasteiger partial charge in [0.1, 0.15) is 0 Å². The molecular weight excluding hydrogens is 1070 g/mol. The molecule has 0 spiro atoms. The molecule has 0 atom stereocenters. The van der Waals surface area contributed by atoms with Gasteiger partial charge in [-0.25, -0.2) is 33.7 Å². The van der Waals surface area contributed by atoms with Gasteiger partial charge in [-0.05, 0) is 0 Å². The molecule has 0 saturated heterocycles. The van der Waals surface area contributed by atoms with E-state index >= 15 is 0 Å². The Morgan fingerprint density at radius 1 is 0.436 bits per heavy atom. The van der Waals surface area contributed by atoms with Gasteiger partial charge in [-0.15, -0.1) is 0 Å². The number of alkyl halides is 12. The minimum Gasteiger partial charge on any atom is -0.741 e. The van der Waals surface area contributed by atoms with Crippen LogP contribution in [-0.4, -0.2) is 97.1 Å². The van der Waals surface area contributed by atoms with Crippen LogP contribution in [0.4, 0.5) is 52.7 Å². The molecule has 3 aliphatic carbocycles. The first kappa shape index (κ1) is 59.0. The van der Waals surface area contributed by atoms with Gasteiger partial charge in [0, 0.05) is 0 Å². The number of hydrogen-bond acceptors (Lipinski definition) is 12. The third-order valence-electron chi connectivity index (χ3n) is 8.73. The Hall–Kier alpha value is -0.342. The molecule has 12 nitrogen and oxygen atoms in total. The summed E-state index contributed by atoms with van der Waals surface area (Å²) in [6, 6.07) is 0. The van der Waals surface area contributed by atoms with Gasteiger partial charge >= 0.3 is 182 Å². The molecule has 0 aromatic rings. The molecule has 0 bridgehead atoms. The van der Waals surface area contributed by atoms with Gasteiger partial charge in [0.15, 0.2) is 40.5 Å². The van der Waals surface area contributed by atoms with E-state index in [1.165, 1.54) is 63.9 Å². The van der Waals surface area contributed by atoms with Crippen LogP contribution in [0.25, 0.3) is 0 Å². The van der Waals surface area contributed by atoms with E-state index in [-0.39, 0.29) is 21.1 Å². The van der Waals surface area contributed by atoms with E-state index in [1.54, 1.807) is 38.5 Å². The van der Waals surface area contributed by atoms with Crippen molar-refractivity contribution in [2.45, 2.75) is 135 Å². The predicted octanol–water partition coefficient (Wildman–Crippen LogP) is 7.12. The first-order valence-corrected chi connectivity index (χ1v) is 23.6. The van der Waals surface area contributed by atoms with Gasteiger partial charge in [0.2, 0.25) is 0 Å². The fourth-order valence-corrected chi connectivity index (χ4v) is 14.6. The molecule has 0 heterocycles. The average molecular weight is 1110 g/mol. The second kappa shape index (κ2) is 23.4. The quantitative estimate of drug-likeness (QED) is 0.0881. The Labute approximate surface area is 326 Å². The van der Waals surface area contributed by atoms with Crippen LogP contribution >= 0.6 is 7.26 Å². The third kappa shape index (κ3) is 21.5. The summed E-state index contributed by atoms with van der Waals surface area (Å²) in [4.78, 5) is 0. The molecule has 3 aliphatic rings. The first-order valence-electron chi connectivity index (χ1n) is 15.6. The summed E-state index contributed by atoms with van der Waals surface area (Å²) in [7, 11) is -25.6. The zero-order chi connectivity index (χ0) is 43.3. The first-order chi connectivity index (χ1) is 23.9. The zero-order valence-electron chi connectivity index (χ0n) is 28.2. The Balaban J connectivity index is -0.000000688. The maximum atomic E-state index is 10.7. The summed E-state index contributed by atoms with van der Waals surface area (Å²) in [6.07, 6.45) is 27.2. The molecule has 30 heteroatoms. The van der Waals surface area contributed by atoms with Crippen molar-refractivity contribution in [1.29, 1.82) is 0 Å². The Bertz CT molecular complexity index is 1350. The maximum absolute atomic E-state index is 10.7. The van der Waals surface area contributed by atoms with E-state index in [0.717, 1.165) is 17.0 Å². The minimum atomic E-state index is -6.09. The van der Waals surface area contributed by atoms with Crippen LogP contribution < -0.4 is 0 Å². The molecule has 55 heavy (non-hydrogen) atoms. The van der Waals surface area contributed by atoms with Gasteiger partial charge in [0.05, 0.1) is 0 Å². The van der Waals surface area contributed by atoms with Crippen LogP contribution in [0.2, 0.25) is 0 Å². The molecule has 3 saturated carbocycles. The molecule has 3 fully saturated rings. The van der Waals surface area contributed by atoms with Crippen molar-refractivity contribution in [3.63, 3.8) is 0 Å². The van der Waals surface area contributed by atoms with Crippen LogP contribution in [0.15, 0.2) is 12.7 Å². The third-order valence-corrected chi connectivity index (χ3v) is 18.3. The fraction of sp³-hybridized carbons (Fsp3) is 0.920. The molecule has 0 amide bonds. The number of halogens is 12. The van der Waals surface area contributed by atoms with Crippen LogP contribution in [0.1, 0.15) is 96.3 Å². The van der Waals surface area contributed by atoms with E-state index in [9.17, 15) is 52.7 Å². The van der Waals surface area contributed by atoms with Crippen molar-refractivity contribution in [3.8, 4) is 0 Å². The molecular formula is C25H39F12O12PPtS4. The van der Waals surface area contributed by atoms with Crippen molar-refractivity contribution in [3.05, 3.63) is 12.7 Å². The summed E-state index contributed by atoms with van der Waals surface area (Å²) < 4.78 is 236. The zero-order valence-corrected chi connectivity index (χ0v) is 34.8. The number of hydrogen-bond donors (Lipinski definition) is 0. The van der Waals surface area contributed by atoms with Crippen LogP contribution in [-0.2, 0) is 61.5 Å². The van der Waals surface area contributed by atoms with E-state index in [1.807, 2.05) is 0 Å². The van der Waals surface area contributed by atoms with Crippen LogP contribution in [0, 0.1) is 0 Å². The van der Waals surface area contributed by atoms with Crippen LogP contribution in [0.5, 0.6) is 0 Å². The molecule has 0 N–H and O–H groups in total. The van der Waals surface area contributed by atoms with Gasteiger partial charge in [-0.2, -0.15) is 52.7 Å². The number of rotatable bonds is 5. The topological polar surface area (TPSA) is 229 Å². The Morgan fingerprint density at radius 3 is 0.691 bits per heavy atom. The molecule has 3 rings (SSSR count). The summed E-state index contributed by atoms with van der Waals surface area (Å²) in [5, 5.41) is 0. The van der Waals surface area contributed by atoms with E-state index in [0.29, 0.717) is 0 Å². The van der Waals surface area contributed by atoms with Crippen molar-refractivity contribution in [1.82, 2.24) is 0 Å². The monoisotopic (exact) mass is 1110 g/mol. The summed E-state index contributed by atoms with van der Waals surface area (Å²) >= 11 is 0. The fourth-order valence-electron chi connectivity index (χ4n) is 6.67. The van der Waals surface area contributed by atoms with E-state index in [4.69, 9.17) is 51.9 Å². The van der Waals surface area contributed by atoms with Gasteiger partial charge in [-0.3, -0.25) is 0 Å². The maximum Gasteiger partial charge on any atom is 4.00 e. The second-order valence-electron chi connectivity index (χ2n) is 12.2. The normalized spacial score (nSPS) is 19.2. The van der Waals surface area contributed by atoms with Crippen molar-refractivity contribution in [2.75, 3.05) is 6.16 Å². The van der Waals surface area contributed by atoms with Crippen LogP contribution in [0.3, 0.4) is 0 Å². The van der Waals surface area contributed by atoms with E-state index in [2.05, 4.69) is 12.7 Å². The van der Waals surface area contributed by atoms with Gasteiger partial charge < -0.3 is 18.2 Å². The molecule has 0 aromatic heterocycles. The molecule has 334 valence electrons. The molecule has 0 radical (unpaired) electrons. The van der Waals surface area contributed by atoms with Gasteiger partial charge in [-0.1, -0.05) is 0 Å². The second-order valence-corrected chi connectivity index (χ2v) is 22.8. The smallest absolute Gasteiger partial charge is 0.741 e. The minimum absolute atomic E-state index is 0. The molecule has 0 unspecified atom stereocenters.